The fourth-order valence-electron chi connectivity index (χ4n) is 3.97. The summed E-state index contributed by atoms with van der Waals surface area (Å²) in [7, 11) is 0. The van der Waals surface area contributed by atoms with E-state index in [0.29, 0.717) is 6.04 Å². The topological polar surface area (TPSA) is 58.6 Å². The van der Waals surface area contributed by atoms with Gasteiger partial charge in [-0.15, -0.1) is 0 Å². The van der Waals surface area contributed by atoms with Gasteiger partial charge in [0, 0.05) is 32.1 Å². The number of esters is 1. The maximum atomic E-state index is 11.9. The summed E-state index contributed by atoms with van der Waals surface area (Å²) < 4.78 is 4.78. The van der Waals surface area contributed by atoms with Crippen LogP contribution in [0.4, 0.5) is 0 Å². The third-order valence-electron chi connectivity index (χ3n) is 5.44. The second-order valence-corrected chi connectivity index (χ2v) is 7.73. The monoisotopic (exact) mass is 394 g/mol. The van der Waals surface area contributed by atoms with Crippen LogP contribution in [-0.4, -0.2) is 35.5 Å². The summed E-state index contributed by atoms with van der Waals surface area (Å²) >= 11 is 0. The minimum absolute atomic E-state index is 0.157. The summed E-state index contributed by atoms with van der Waals surface area (Å²) in [5, 5.41) is 3.00. The van der Waals surface area contributed by atoms with Crippen LogP contribution in [0.1, 0.15) is 43.7 Å². The highest BCUT2D eigenvalue weighted by Crippen LogP contribution is 2.26. The Kier molecular flexibility index (Phi) is 7.82. The van der Waals surface area contributed by atoms with Gasteiger partial charge in [-0.2, -0.15) is 0 Å². The van der Waals surface area contributed by atoms with E-state index in [1.54, 1.807) is 0 Å². The van der Waals surface area contributed by atoms with Crippen LogP contribution in [0.15, 0.2) is 60.7 Å². The molecule has 1 aliphatic carbocycles. The first kappa shape index (κ1) is 21.1. The highest BCUT2D eigenvalue weighted by atomic mass is 16.5. The highest BCUT2D eigenvalue weighted by molar-refractivity contribution is 5.80. The van der Waals surface area contributed by atoms with Crippen molar-refractivity contribution in [3.8, 4) is 0 Å². The second kappa shape index (κ2) is 10.8. The van der Waals surface area contributed by atoms with Crippen LogP contribution in [0.3, 0.4) is 0 Å². The Balaban J connectivity index is 1.57. The minimum atomic E-state index is -0.429. The third kappa shape index (κ3) is 7.02. The summed E-state index contributed by atoms with van der Waals surface area (Å²) in [6.45, 7) is 2.96. The predicted molar refractivity (Wildman–Crippen MR) is 113 cm³/mol. The molecule has 0 heterocycles. The maximum Gasteiger partial charge on any atom is 0.303 e. The zero-order valence-corrected chi connectivity index (χ0v) is 17.0. The number of nitrogens with zero attached hydrogens (tertiary/aromatic N) is 1. The second-order valence-electron chi connectivity index (χ2n) is 7.73. The number of nitrogens with one attached hydrogen (secondary N) is 1. The maximum absolute atomic E-state index is 11.9. The molecule has 0 aromatic heterocycles. The first-order valence-corrected chi connectivity index (χ1v) is 10.3. The van der Waals surface area contributed by atoms with E-state index in [1.807, 2.05) is 0 Å². The van der Waals surface area contributed by atoms with Crippen LogP contribution in [0, 0.1) is 0 Å². The number of carbonyl (C=O) groups excluding carboxylic acids is 2. The van der Waals surface area contributed by atoms with Crippen LogP contribution >= 0.6 is 0 Å². The van der Waals surface area contributed by atoms with Crippen molar-refractivity contribution in [3.63, 3.8) is 0 Å². The van der Waals surface area contributed by atoms with Crippen LogP contribution in [0.25, 0.3) is 0 Å². The van der Waals surface area contributed by atoms with Crippen molar-refractivity contribution in [2.75, 3.05) is 6.61 Å². The molecular weight excluding hydrogens is 364 g/mol. The number of carbonyl (C=O) groups is 2. The number of hydrogen-bond acceptors (Lipinski definition) is 4. The molecule has 0 radical (unpaired) electrons. The van der Waals surface area contributed by atoms with Gasteiger partial charge >= 0.3 is 5.97 Å². The molecule has 5 heteroatoms. The van der Waals surface area contributed by atoms with Gasteiger partial charge in [0.05, 0.1) is 0 Å². The van der Waals surface area contributed by atoms with E-state index >= 15 is 0 Å². The Labute approximate surface area is 173 Å². The number of rotatable bonds is 8. The molecule has 154 valence electrons. The Bertz CT molecular complexity index is 730. The van der Waals surface area contributed by atoms with Gasteiger partial charge in [-0.25, -0.2) is 0 Å². The molecule has 0 bridgehead atoms. The summed E-state index contributed by atoms with van der Waals surface area (Å²) in [6, 6.07) is 21.8. The predicted octanol–water partition coefficient (Wildman–Crippen LogP) is 3.68. The van der Waals surface area contributed by atoms with Gasteiger partial charge < -0.3 is 10.1 Å². The zero-order chi connectivity index (χ0) is 20.5. The van der Waals surface area contributed by atoms with Crippen molar-refractivity contribution in [2.45, 2.75) is 57.8 Å². The van der Waals surface area contributed by atoms with Crippen molar-refractivity contribution >= 4 is 11.9 Å². The minimum Gasteiger partial charge on any atom is -0.456 e. The summed E-state index contributed by atoms with van der Waals surface area (Å²) in [5.41, 5.74) is 2.64. The van der Waals surface area contributed by atoms with Crippen LogP contribution in [0.5, 0.6) is 0 Å². The van der Waals surface area contributed by atoms with Crippen LogP contribution < -0.4 is 5.32 Å². The molecule has 0 saturated heterocycles. The Hall–Kier alpha value is -2.66. The smallest absolute Gasteiger partial charge is 0.303 e. The molecule has 0 spiro atoms. The van der Waals surface area contributed by atoms with Gasteiger partial charge in [0.1, 0.15) is 0 Å². The summed E-state index contributed by atoms with van der Waals surface area (Å²) in [5.74, 6) is -0.643. The fourth-order valence-corrected chi connectivity index (χ4v) is 3.97. The molecule has 2 aromatic carbocycles. The zero-order valence-electron chi connectivity index (χ0n) is 17.0. The van der Waals surface area contributed by atoms with Crippen molar-refractivity contribution in [3.05, 3.63) is 71.8 Å². The molecule has 2 aromatic rings. The fraction of sp³-hybridized carbons (Fsp3) is 0.417. The number of hydrogen-bond donors (Lipinski definition) is 1. The number of amides is 1. The summed E-state index contributed by atoms with van der Waals surface area (Å²) in [6.07, 6.45) is 3.96. The van der Waals surface area contributed by atoms with Gasteiger partial charge in [-0.1, -0.05) is 60.7 Å². The van der Waals surface area contributed by atoms with E-state index in [0.717, 1.165) is 38.8 Å². The van der Waals surface area contributed by atoms with Gasteiger partial charge in [0.15, 0.2) is 6.61 Å². The molecule has 5 nitrogen and oxygen atoms in total. The Morgan fingerprint density at radius 2 is 1.41 bits per heavy atom. The van der Waals surface area contributed by atoms with Crippen molar-refractivity contribution in [1.82, 2.24) is 10.2 Å². The van der Waals surface area contributed by atoms with E-state index < -0.39 is 5.97 Å². The quantitative estimate of drug-likeness (QED) is 0.694. The van der Waals surface area contributed by atoms with E-state index in [9.17, 15) is 9.59 Å². The highest BCUT2D eigenvalue weighted by Gasteiger charge is 2.27. The Morgan fingerprint density at radius 1 is 0.897 bits per heavy atom. The van der Waals surface area contributed by atoms with Crippen molar-refractivity contribution in [1.29, 1.82) is 0 Å². The van der Waals surface area contributed by atoms with Gasteiger partial charge in [0.2, 0.25) is 0 Å². The molecule has 29 heavy (non-hydrogen) atoms. The molecule has 0 unspecified atom stereocenters. The van der Waals surface area contributed by atoms with Gasteiger partial charge in [0.25, 0.3) is 5.91 Å². The average molecular weight is 395 g/mol. The normalized spacial score (nSPS) is 19.0. The van der Waals surface area contributed by atoms with E-state index in [1.165, 1.54) is 18.1 Å². The van der Waals surface area contributed by atoms with E-state index in [2.05, 4.69) is 70.9 Å². The molecule has 1 fully saturated rings. The Morgan fingerprint density at radius 3 is 1.90 bits per heavy atom. The van der Waals surface area contributed by atoms with E-state index in [-0.39, 0.29) is 18.6 Å². The molecule has 0 atom stereocenters. The lowest BCUT2D eigenvalue weighted by Gasteiger charge is -2.37. The van der Waals surface area contributed by atoms with Crippen LogP contribution in [-0.2, 0) is 27.4 Å². The summed E-state index contributed by atoms with van der Waals surface area (Å²) in [4.78, 5) is 25.3. The first-order chi connectivity index (χ1) is 14.1. The standard InChI is InChI=1S/C24H30N2O3/c1-19(27)29-18-24(28)25-22-12-14-23(15-13-22)26(16-20-8-4-2-5-9-20)17-21-10-6-3-7-11-21/h2-11,22-23H,12-18H2,1H3,(H,25,28). The van der Waals surface area contributed by atoms with Gasteiger partial charge in [-0.3, -0.25) is 14.5 Å². The van der Waals surface area contributed by atoms with Crippen LogP contribution in [0.2, 0.25) is 0 Å². The number of ether oxygens (including phenoxy) is 1. The first-order valence-electron chi connectivity index (χ1n) is 10.3. The molecule has 0 aliphatic heterocycles. The number of benzene rings is 2. The largest absolute Gasteiger partial charge is 0.456 e. The lowest BCUT2D eigenvalue weighted by atomic mass is 9.89. The SMILES string of the molecule is CC(=O)OCC(=O)NC1CCC(N(Cc2ccccc2)Cc2ccccc2)CC1. The molecule has 3 rings (SSSR count). The van der Waals surface area contributed by atoms with Crippen molar-refractivity contribution in [2.24, 2.45) is 0 Å². The third-order valence-corrected chi connectivity index (χ3v) is 5.44. The lowest BCUT2D eigenvalue weighted by molar-refractivity contribution is -0.146. The lowest BCUT2D eigenvalue weighted by Crippen LogP contribution is -2.44. The molecule has 1 aliphatic rings. The van der Waals surface area contributed by atoms with E-state index in [4.69, 9.17) is 4.74 Å². The average Bonchev–Trinajstić information content (AvgIpc) is 2.74. The molecule has 1 N–H and O–H groups in total. The molecule has 1 saturated carbocycles. The van der Waals surface area contributed by atoms with Gasteiger partial charge in [-0.05, 0) is 36.8 Å². The molecule has 1 amide bonds. The van der Waals surface area contributed by atoms with Crippen molar-refractivity contribution < 1.29 is 14.3 Å². The molecular formula is C24H30N2O3.